The maximum absolute atomic E-state index is 5.83. The van der Waals surface area contributed by atoms with E-state index in [1.54, 1.807) is 12.4 Å². The van der Waals surface area contributed by atoms with Gasteiger partial charge in [0.25, 0.3) is 0 Å². The summed E-state index contributed by atoms with van der Waals surface area (Å²) in [6.45, 7) is 11.1. The molecule has 0 saturated carbocycles. The van der Waals surface area contributed by atoms with E-state index in [1.807, 2.05) is 24.0 Å². The minimum absolute atomic E-state index is 0. The first-order valence-electron chi connectivity index (χ1n) is 9.95. The first kappa shape index (κ1) is 23.9. The molecular weight excluding hydrogens is 491 g/mol. The first-order chi connectivity index (χ1) is 13.9. The second-order valence-corrected chi connectivity index (χ2v) is 7.97. The van der Waals surface area contributed by atoms with Gasteiger partial charge in [-0.15, -0.1) is 24.0 Å². The third kappa shape index (κ3) is 7.16. The Balaban J connectivity index is 0.00000320. The molecule has 162 valence electrons. The molecule has 2 aromatic heterocycles. The van der Waals surface area contributed by atoms with Crippen molar-refractivity contribution in [2.24, 2.45) is 4.99 Å². The zero-order chi connectivity index (χ0) is 20.7. The number of oxazole rings is 1. The van der Waals surface area contributed by atoms with Gasteiger partial charge in [-0.05, 0) is 18.1 Å². The molecule has 0 saturated heterocycles. The van der Waals surface area contributed by atoms with Crippen LogP contribution in [0.15, 0.2) is 58.6 Å². The zero-order valence-corrected chi connectivity index (χ0v) is 20.4. The highest BCUT2D eigenvalue weighted by Crippen LogP contribution is 2.22. The molecule has 0 radical (unpaired) electrons. The molecule has 0 aliphatic heterocycles. The van der Waals surface area contributed by atoms with Crippen molar-refractivity contribution in [1.29, 1.82) is 0 Å². The Labute approximate surface area is 195 Å². The molecule has 2 N–H and O–H groups in total. The number of hydrogen-bond donors (Lipinski definition) is 2. The summed E-state index contributed by atoms with van der Waals surface area (Å²) in [4.78, 5) is 13.1. The van der Waals surface area contributed by atoms with Crippen molar-refractivity contribution in [3.05, 3.63) is 72.0 Å². The summed E-state index contributed by atoms with van der Waals surface area (Å²) < 4.78 is 7.88. The quantitative estimate of drug-likeness (QED) is 0.278. The smallest absolute Gasteiger partial charge is 0.213 e. The van der Waals surface area contributed by atoms with Gasteiger partial charge in [0.15, 0.2) is 5.96 Å². The summed E-state index contributed by atoms with van der Waals surface area (Å²) in [5.74, 6) is 2.28. The van der Waals surface area contributed by atoms with Crippen LogP contribution in [0.4, 0.5) is 0 Å². The van der Waals surface area contributed by atoms with E-state index in [1.165, 1.54) is 5.56 Å². The van der Waals surface area contributed by atoms with Gasteiger partial charge in [0.05, 0.1) is 25.6 Å². The number of aromatic nitrogens is 3. The van der Waals surface area contributed by atoms with Crippen LogP contribution < -0.4 is 10.6 Å². The Morgan fingerprint density at radius 2 is 1.87 bits per heavy atom. The van der Waals surface area contributed by atoms with E-state index in [9.17, 15) is 0 Å². The van der Waals surface area contributed by atoms with Gasteiger partial charge in [-0.1, -0.05) is 45.0 Å². The lowest BCUT2D eigenvalue weighted by Crippen LogP contribution is -2.36. The molecule has 30 heavy (non-hydrogen) atoms. The number of nitrogens with zero attached hydrogens (tertiary/aromatic N) is 4. The Morgan fingerprint density at radius 1 is 1.13 bits per heavy atom. The van der Waals surface area contributed by atoms with Crippen LogP contribution in [0.5, 0.6) is 0 Å². The van der Waals surface area contributed by atoms with Crippen molar-refractivity contribution >= 4 is 29.9 Å². The van der Waals surface area contributed by atoms with E-state index >= 15 is 0 Å². The average molecular weight is 522 g/mol. The molecule has 0 aliphatic rings. The summed E-state index contributed by atoms with van der Waals surface area (Å²) in [7, 11) is 0. The molecule has 8 heteroatoms. The number of guanidine groups is 1. The predicted molar refractivity (Wildman–Crippen MR) is 130 cm³/mol. The first-order valence-corrected chi connectivity index (χ1v) is 9.95. The topological polar surface area (TPSA) is 80.3 Å². The van der Waals surface area contributed by atoms with E-state index in [0.717, 1.165) is 30.4 Å². The normalized spacial score (nSPS) is 11.8. The number of aliphatic imine (C=N–C) groups is 1. The molecule has 0 amide bonds. The van der Waals surface area contributed by atoms with Gasteiger partial charge in [-0.25, -0.2) is 15.0 Å². The number of hydrogen-bond acceptors (Lipinski definition) is 4. The van der Waals surface area contributed by atoms with Crippen molar-refractivity contribution in [2.75, 3.05) is 6.54 Å². The molecule has 3 rings (SSSR count). The lowest BCUT2D eigenvalue weighted by Gasteiger charge is -2.13. The summed E-state index contributed by atoms with van der Waals surface area (Å²) in [6, 6.07) is 8.49. The van der Waals surface area contributed by atoms with Crippen LogP contribution in [-0.4, -0.2) is 27.0 Å². The number of imidazole rings is 1. The fourth-order valence-electron chi connectivity index (χ4n) is 2.75. The van der Waals surface area contributed by atoms with E-state index in [4.69, 9.17) is 4.42 Å². The van der Waals surface area contributed by atoms with Gasteiger partial charge in [-0.3, -0.25) is 0 Å². The summed E-state index contributed by atoms with van der Waals surface area (Å²) >= 11 is 0. The van der Waals surface area contributed by atoms with E-state index in [-0.39, 0.29) is 29.4 Å². The van der Waals surface area contributed by atoms with E-state index < -0.39 is 0 Å². The Hall–Kier alpha value is -2.36. The highest BCUT2D eigenvalue weighted by Gasteiger charge is 2.19. The molecule has 0 aliphatic carbocycles. The van der Waals surface area contributed by atoms with Crippen molar-refractivity contribution in [3.8, 4) is 0 Å². The molecule has 0 atom stereocenters. The van der Waals surface area contributed by atoms with Gasteiger partial charge in [0.2, 0.25) is 5.89 Å². The largest absolute Gasteiger partial charge is 0.443 e. The highest BCUT2D eigenvalue weighted by molar-refractivity contribution is 14.0. The van der Waals surface area contributed by atoms with Crippen LogP contribution in [0.25, 0.3) is 0 Å². The average Bonchev–Trinajstić information content (AvgIpc) is 3.37. The monoisotopic (exact) mass is 522 g/mol. The number of nitrogens with one attached hydrogen (secondary N) is 2. The molecule has 2 heterocycles. The van der Waals surface area contributed by atoms with Crippen molar-refractivity contribution in [1.82, 2.24) is 25.2 Å². The van der Waals surface area contributed by atoms with Crippen LogP contribution in [-0.2, 0) is 25.0 Å². The Kier molecular flexibility index (Phi) is 8.88. The third-order valence-electron chi connectivity index (χ3n) is 4.41. The zero-order valence-electron chi connectivity index (χ0n) is 18.1. The maximum Gasteiger partial charge on any atom is 0.213 e. The van der Waals surface area contributed by atoms with Crippen molar-refractivity contribution in [3.63, 3.8) is 0 Å². The molecule has 3 aromatic rings. The molecular formula is C22H31IN6O. The van der Waals surface area contributed by atoms with Crippen LogP contribution in [0.3, 0.4) is 0 Å². The van der Waals surface area contributed by atoms with Gasteiger partial charge in [0, 0.05) is 30.9 Å². The number of halogens is 1. The van der Waals surface area contributed by atoms with Gasteiger partial charge in [-0.2, -0.15) is 0 Å². The second kappa shape index (κ2) is 11.1. The Bertz CT molecular complexity index is 910. The summed E-state index contributed by atoms with van der Waals surface area (Å²) in [5, 5.41) is 6.55. The SMILES string of the molecule is CCNC(=NCc1ccc(Cn2ccnc2)cc1)NCc1ncc(C(C)(C)C)o1.I. The third-order valence-corrected chi connectivity index (χ3v) is 4.41. The number of rotatable bonds is 7. The maximum atomic E-state index is 5.83. The van der Waals surface area contributed by atoms with Crippen molar-refractivity contribution in [2.45, 2.75) is 52.7 Å². The van der Waals surface area contributed by atoms with Crippen molar-refractivity contribution < 1.29 is 4.42 Å². The van der Waals surface area contributed by atoms with Crippen LogP contribution in [0.1, 0.15) is 50.5 Å². The number of benzene rings is 1. The fraction of sp³-hybridized carbons (Fsp3) is 0.409. The lowest BCUT2D eigenvalue weighted by atomic mass is 9.94. The predicted octanol–water partition coefficient (Wildman–Crippen LogP) is 4.09. The standard InChI is InChI=1S/C22H30N6O.HI/c1-5-24-21(27-14-20-25-13-19(29-20)22(2,3)4)26-12-17-6-8-18(9-7-17)15-28-11-10-23-16-28;/h6-11,13,16H,5,12,14-15H2,1-4H3,(H2,24,26,27);1H. The highest BCUT2D eigenvalue weighted by atomic mass is 127. The fourth-order valence-corrected chi connectivity index (χ4v) is 2.75. The van der Waals surface area contributed by atoms with Crippen LogP contribution in [0, 0.1) is 0 Å². The van der Waals surface area contributed by atoms with E-state index in [2.05, 4.69) is 70.6 Å². The van der Waals surface area contributed by atoms with Gasteiger partial charge < -0.3 is 19.6 Å². The minimum atomic E-state index is -0.0478. The molecule has 0 fully saturated rings. The lowest BCUT2D eigenvalue weighted by molar-refractivity contribution is 0.379. The van der Waals surface area contributed by atoms with Gasteiger partial charge in [0.1, 0.15) is 5.76 Å². The molecule has 0 bridgehead atoms. The molecule has 1 aromatic carbocycles. The summed E-state index contributed by atoms with van der Waals surface area (Å²) in [6.07, 6.45) is 7.38. The minimum Gasteiger partial charge on any atom is -0.443 e. The van der Waals surface area contributed by atoms with E-state index in [0.29, 0.717) is 19.0 Å². The summed E-state index contributed by atoms with van der Waals surface area (Å²) in [5.41, 5.74) is 2.34. The molecule has 0 spiro atoms. The van der Waals surface area contributed by atoms with Crippen LogP contribution in [0.2, 0.25) is 0 Å². The van der Waals surface area contributed by atoms with Crippen LogP contribution >= 0.6 is 24.0 Å². The molecule has 7 nitrogen and oxygen atoms in total. The second-order valence-electron chi connectivity index (χ2n) is 7.97. The Morgan fingerprint density at radius 3 is 2.47 bits per heavy atom. The van der Waals surface area contributed by atoms with Gasteiger partial charge >= 0.3 is 0 Å². The molecule has 0 unspecified atom stereocenters.